The van der Waals surface area contributed by atoms with E-state index in [-0.39, 0.29) is 18.0 Å². The van der Waals surface area contributed by atoms with Crippen LogP contribution in [0.4, 0.5) is 4.79 Å². The molecule has 120 valence electrons. The smallest absolute Gasteiger partial charge is 0.424 e. The molecule has 2 fully saturated rings. The second kappa shape index (κ2) is 5.83. The van der Waals surface area contributed by atoms with Gasteiger partial charge in [-0.1, -0.05) is 12.8 Å². The molecule has 21 heavy (non-hydrogen) atoms. The first-order chi connectivity index (χ1) is 9.78. The van der Waals surface area contributed by atoms with Crippen molar-refractivity contribution >= 4 is 12.1 Å². The normalized spacial score (nSPS) is 29.5. The number of methoxy groups -OCH3 is 1. The summed E-state index contributed by atoms with van der Waals surface area (Å²) in [6, 6.07) is 0. The molecule has 0 aromatic heterocycles. The molecule has 1 amide bonds. The molecule has 1 saturated heterocycles. The summed E-state index contributed by atoms with van der Waals surface area (Å²) in [4.78, 5) is 24.4. The molecule has 0 aromatic carbocycles. The van der Waals surface area contributed by atoms with Gasteiger partial charge in [0, 0.05) is 13.1 Å². The first kappa shape index (κ1) is 16.1. The number of rotatable bonds is 1. The van der Waals surface area contributed by atoms with Crippen LogP contribution in [0.2, 0.25) is 0 Å². The lowest BCUT2D eigenvalue weighted by molar-refractivity contribution is -0.164. The number of nitrogens with one attached hydrogen (secondary N) is 1. The largest absolute Gasteiger partial charge is 0.469 e. The third-order valence-corrected chi connectivity index (χ3v) is 4.40. The van der Waals surface area contributed by atoms with Gasteiger partial charge in [0.15, 0.2) is 0 Å². The Labute approximate surface area is 126 Å². The quantitative estimate of drug-likeness (QED) is 0.751. The molecule has 2 unspecified atom stereocenters. The van der Waals surface area contributed by atoms with Gasteiger partial charge in [-0.05, 0) is 39.5 Å². The summed E-state index contributed by atoms with van der Waals surface area (Å²) in [6.45, 7) is 6.45. The highest BCUT2D eigenvalue weighted by Gasteiger charge is 2.51. The standard InChI is InChI=1S/C15H26N2O4/c1-14(2,3)21-13(19)17-9-11-7-5-6-8-15(11,10-16-17)12(18)20-4/h11,16H,5-10H2,1-4H3. The van der Waals surface area contributed by atoms with Crippen molar-refractivity contribution in [3.05, 3.63) is 0 Å². The van der Waals surface area contributed by atoms with Gasteiger partial charge in [0.1, 0.15) is 5.60 Å². The molecule has 1 saturated carbocycles. The Morgan fingerprint density at radius 3 is 2.62 bits per heavy atom. The van der Waals surface area contributed by atoms with E-state index in [2.05, 4.69) is 5.43 Å². The second-order valence-electron chi connectivity index (χ2n) is 7.02. The van der Waals surface area contributed by atoms with Crippen molar-refractivity contribution in [2.24, 2.45) is 11.3 Å². The third-order valence-electron chi connectivity index (χ3n) is 4.40. The Bertz CT molecular complexity index is 418. The molecule has 0 spiro atoms. The van der Waals surface area contributed by atoms with E-state index in [1.165, 1.54) is 12.1 Å². The van der Waals surface area contributed by atoms with Gasteiger partial charge in [0.05, 0.1) is 12.5 Å². The number of hydrogen-bond acceptors (Lipinski definition) is 5. The fraction of sp³-hybridized carbons (Fsp3) is 0.867. The van der Waals surface area contributed by atoms with E-state index in [4.69, 9.17) is 9.47 Å². The van der Waals surface area contributed by atoms with Crippen molar-refractivity contribution in [3.63, 3.8) is 0 Å². The highest BCUT2D eigenvalue weighted by atomic mass is 16.6. The number of nitrogens with zero attached hydrogens (tertiary/aromatic N) is 1. The van der Waals surface area contributed by atoms with Gasteiger partial charge in [-0.2, -0.15) is 0 Å². The fourth-order valence-electron chi connectivity index (χ4n) is 3.33. The van der Waals surface area contributed by atoms with Crippen LogP contribution in [0.1, 0.15) is 46.5 Å². The summed E-state index contributed by atoms with van der Waals surface area (Å²) in [7, 11) is 1.43. The highest BCUT2D eigenvalue weighted by Crippen LogP contribution is 2.44. The minimum Gasteiger partial charge on any atom is -0.469 e. The average molecular weight is 298 g/mol. The van der Waals surface area contributed by atoms with Crippen LogP contribution in [0.3, 0.4) is 0 Å². The lowest BCUT2D eigenvalue weighted by Crippen LogP contribution is -2.63. The number of ether oxygens (including phenoxy) is 2. The van der Waals surface area contributed by atoms with Crippen LogP contribution in [0, 0.1) is 11.3 Å². The molecule has 2 rings (SSSR count). The van der Waals surface area contributed by atoms with E-state index < -0.39 is 11.0 Å². The summed E-state index contributed by atoms with van der Waals surface area (Å²) in [5.74, 6) is -0.0315. The minimum atomic E-state index is -0.526. The lowest BCUT2D eigenvalue weighted by atomic mass is 9.65. The van der Waals surface area contributed by atoms with Crippen molar-refractivity contribution in [2.45, 2.75) is 52.1 Å². The van der Waals surface area contributed by atoms with Gasteiger partial charge in [0.2, 0.25) is 0 Å². The number of carbonyl (C=O) groups excluding carboxylic acids is 2. The number of fused-ring (bicyclic) bond motifs is 1. The van der Waals surface area contributed by atoms with Crippen LogP contribution < -0.4 is 5.43 Å². The molecular formula is C15H26N2O4. The van der Waals surface area contributed by atoms with E-state index in [9.17, 15) is 9.59 Å². The van der Waals surface area contributed by atoms with Gasteiger partial charge in [-0.3, -0.25) is 4.79 Å². The zero-order valence-corrected chi connectivity index (χ0v) is 13.4. The number of amides is 1. The van der Waals surface area contributed by atoms with Gasteiger partial charge in [-0.15, -0.1) is 0 Å². The molecule has 2 aliphatic rings. The van der Waals surface area contributed by atoms with E-state index in [1.54, 1.807) is 0 Å². The van der Waals surface area contributed by atoms with Crippen LogP contribution in [0.15, 0.2) is 0 Å². The van der Waals surface area contributed by atoms with E-state index in [0.717, 1.165) is 25.7 Å². The second-order valence-corrected chi connectivity index (χ2v) is 7.02. The van der Waals surface area contributed by atoms with Gasteiger partial charge < -0.3 is 9.47 Å². The molecule has 1 heterocycles. The first-order valence-electron chi connectivity index (χ1n) is 7.61. The molecule has 1 N–H and O–H groups in total. The Balaban J connectivity index is 2.08. The van der Waals surface area contributed by atoms with Gasteiger partial charge >= 0.3 is 12.1 Å². The predicted molar refractivity (Wildman–Crippen MR) is 77.3 cm³/mol. The average Bonchev–Trinajstić information content (AvgIpc) is 2.43. The number of esters is 1. The number of carbonyl (C=O) groups is 2. The number of hydrogen-bond donors (Lipinski definition) is 1. The van der Waals surface area contributed by atoms with E-state index >= 15 is 0 Å². The molecular weight excluding hydrogens is 272 g/mol. The van der Waals surface area contributed by atoms with Gasteiger partial charge in [0.25, 0.3) is 0 Å². The SMILES string of the molecule is COC(=O)C12CCCCC1CN(C(=O)OC(C)(C)C)NC2. The van der Waals surface area contributed by atoms with Crippen LogP contribution in [0.5, 0.6) is 0 Å². The van der Waals surface area contributed by atoms with Crippen LogP contribution in [-0.4, -0.2) is 42.9 Å². The van der Waals surface area contributed by atoms with Crippen molar-refractivity contribution in [1.82, 2.24) is 10.4 Å². The zero-order valence-electron chi connectivity index (χ0n) is 13.4. The molecule has 0 bridgehead atoms. The van der Waals surface area contributed by atoms with Crippen molar-refractivity contribution < 1.29 is 19.1 Å². The Morgan fingerprint density at radius 2 is 2.00 bits per heavy atom. The Kier molecular flexibility index (Phi) is 4.46. The molecule has 6 nitrogen and oxygen atoms in total. The molecule has 2 atom stereocenters. The topological polar surface area (TPSA) is 67.9 Å². The summed E-state index contributed by atoms with van der Waals surface area (Å²) in [6.07, 6.45) is 3.49. The minimum absolute atomic E-state index is 0.132. The monoisotopic (exact) mass is 298 g/mol. The summed E-state index contributed by atoms with van der Waals surface area (Å²) in [5.41, 5.74) is 2.03. The van der Waals surface area contributed by atoms with Crippen molar-refractivity contribution in [1.29, 1.82) is 0 Å². The van der Waals surface area contributed by atoms with Crippen LogP contribution in [-0.2, 0) is 14.3 Å². The van der Waals surface area contributed by atoms with Crippen molar-refractivity contribution in [3.8, 4) is 0 Å². The molecule has 6 heteroatoms. The maximum absolute atomic E-state index is 12.2. The first-order valence-corrected chi connectivity index (χ1v) is 7.61. The third kappa shape index (κ3) is 3.31. The fourth-order valence-corrected chi connectivity index (χ4v) is 3.33. The molecule has 1 aliphatic carbocycles. The maximum atomic E-state index is 12.2. The predicted octanol–water partition coefficient (Wildman–Crippen LogP) is 2.09. The molecule has 0 aromatic rings. The lowest BCUT2D eigenvalue weighted by Gasteiger charge is -2.48. The van der Waals surface area contributed by atoms with Crippen molar-refractivity contribution in [2.75, 3.05) is 20.2 Å². The van der Waals surface area contributed by atoms with E-state index in [1.807, 2.05) is 20.8 Å². The Morgan fingerprint density at radius 1 is 1.29 bits per heavy atom. The summed E-state index contributed by atoms with van der Waals surface area (Å²) < 4.78 is 10.4. The highest BCUT2D eigenvalue weighted by molar-refractivity contribution is 5.78. The molecule has 1 aliphatic heterocycles. The van der Waals surface area contributed by atoms with Gasteiger partial charge in [-0.25, -0.2) is 15.2 Å². The van der Waals surface area contributed by atoms with E-state index in [0.29, 0.717) is 13.1 Å². The summed E-state index contributed by atoms with van der Waals surface area (Å²) >= 11 is 0. The summed E-state index contributed by atoms with van der Waals surface area (Å²) in [5, 5.41) is 1.50. The van der Waals surface area contributed by atoms with Crippen LogP contribution in [0.25, 0.3) is 0 Å². The molecule has 0 radical (unpaired) electrons. The Hall–Kier alpha value is -1.30. The maximum Gasteiger partial charge on any atom is 0.424 e. The zero-order chi connectivity index (χ0) is 15.7. The van der Waals surface area contributed by atoms with Crippen LogP contribution >= 0.6 is 0 Å². The number of hydrazine groups is 1.